The number of carbonyl (C=O) groups excluding carboxylic acids is 3. The number of aliphatic hydroxyl groups excluding tert-OH is 1. The molecule has 2 aliphatic heterocycles. The number of hydrogen-bond acceptors (Lipinski definition) is 20. The average molecular weight is 892 g/mol. The largest absolute Gasteiger partial charge is 0.472 e. The van der Waals surface area contributed by atoms with Crippen LogP contribution in [0.25, 0.3) is 11.2 Å². The number of nitrogens with zero attached hydrogens (tertiary/aromatic N) is 6. The van der Waals surface area contributed by atoms with Gasteiger partial charge in [0.2, 0.25) is 5.91 Å². The Balaban J connectivity index is 1.38. The Hall–Kier alpha value is -4.17. The van der Waals surface area contributed by atoms with Gasteiger partial charge in [0.15, 0.2) is 28.9 Å². The number of fused-ring (bicyclic) bond motifs is 1. The van der Waals surface area contributed by atoms with Crippen molar-refractivity contribution in [3.63, 3.8) is 0 Å². The van der Waals surface area contributed by atoms with Gasteiger partial charge < -0.3 is 50.8 Å². The molecule has 2 saturated heterocycles. The maximum atomic E-state index is 13.7. The molecule has 9 atom stereocenters. The third-order valence-corrected chi connectivity index (χ3v) is 11.0. The van der Waals surface area contributed by atoms with Crippen LogP contribution >= 0.6 is 27.4 Å². The standard InChI is InChI=1S/C31H43N9O16P2S/c1-4-5-6-21(41)37-16(9-23(42)59-15(2)3)30(44)55-26-19(54-29(25(26)43)40-14-36-24-27(33)34-13-35-28(24)40)12-52-58(49,50)56-17-10-22(39-8-7-20(32)38-31(39)45)53-18(17)11-51-57(46,47)48/h4,7-8,13-19,22,25-26,29,43H,1,5-6,9-12H2,2-3H3,(H,37,41)(H,49,50)(H2,32,38,45)(H2,33,34,35)(H2,46,47,48)/t16?,17-,18+,19+,22+,25+,26+,29+/m0/s1. The Morgan fingerprint density at radius 2 is 1.83 bits per heavy atom. The van der Waals surface area contributed by atoms with Gasteiger partial charge in [-0.15, -0.1) is 6.58 Å². The number of rotatable bonds is 19. The molecule has 2 fully saturated rings. The summed E-state index contributed by atoms with van der Waals surface area (Å²) in [6.45, 7) is 5.28. The summed E-state index contributed by atoms with van der Waals surface area (Å²) in [6.07, 6.45) is -6.33. The van der Waals surface area contributed by atoms with Crippen molar-refractivity contribution in [2.75, 3.05) is 24.7 Å². The monoisotopic (exact) mass is 891 g/mol. The maximum absolute atomic E-state index is 13.7. The summed E-state index contributed by atoms with van der Waals surface area (Å²) in [4.78, 5) is 96.9. The van der Waals surface area contributed by atoms with Gasteiger partial charge in [-0.3, -0.25) is 32.3 Å². The third kappa shape index (κ3) is 12.2. The molecule has 5 heterocycles. The zero-order chi connectivity index (χ0) is 43.2. The summed E-state index contributed by atoms with van der Waals surface area (Å²) in [5.74, 6) is -1.89. The van der Waals surface area contributed by atoms with Crippen molar-refractivity contribution < 1.29 is 71.1 Å². The minimum atomic E-state index is -5.24. The molecule has 2 aliphatic rings. The highest BCUT2D eigenvalue weighted by Crippen LogP contribution is 2.50. The number of esters is 1. The van der Waals surface area contributed by atoms with Crippen LogP contribution in [0.2, 0.25) is 0 Å². The molecule has 2 unspecified atom stereocenters. The van der Waals surface area contributed by atoms with E-state index in [0.717, 1.165) is 22.7 Å². The lowest BCUT2D eigenvalue weighted by Crippen LogP contribution is -2.47. The molecule has 3 aromatic rings. The zero-order valence-corrected chi connectivity index (χ0v) is 34.0. The number of amides is 1. The molecule has 1 amide bonds. The van der Waals surface area contributed by atoms with Gasteiger partial charge in [-0.2, -0.15) is 4.98 Å². The number of carbonyl (C=O) groups is 3. The summed E-state index contributed by atoms with van der Waals surface area (Å²) < 4.78 is 59.7. The first-order valence-electron chi connectivity index (χ1n) is 17.7. The number of aliphatic hydroxyl groups is 1. The smallest absolute Gasteiger partial charge is 0.455 e. The van der Waals surface area contributed by atoms with E-state index in [0.29, 0.717) is 0 Å². The molecule has 59 heavy (non-hydrogen) atoms. The van der Waals surface area contributed by atoms with Crippen molar-refractivity contribution in [2.24, 2.45) is 0 Å². The number of phosphoric ester groups is 2. The van der Waals surface area contributed by atoms with Crippen LogP contribution < -0.4 is 22.5 Å². The number of allylic oxidation sites excluding steroid dienone is 1. The lowest BCUT2D eigenvalue weighted by Gasteiger charge is -2.25. The second kappa shape index (κ2) is 19.5. The summed E-state index contributed by atoms with van der Waals surface area (Å²) in [7, 11) is -10.3. The van der Waals surface area contributed by atoms with Crippen LogP contribution in [0, 0.1) is 0 Å². The minimum absolute atomic E-state index is 0.0124. The number of nitrogens with two attached hydrogens (primary N) is 2. The summed E-state index contributed by atoms with van der Waals surface area (Å²) in [5, 5.41) is 13.5. The van der Waals surface area contributed by atoms with Crippen LogP contribution in [-0.2, 0) is 51.3 Å². The number of nitrogens with one attached hydrogen (secondary N) is 1. The van der Waals surface area contributed by atoms with Gasteiger partial charge in [-0.1, -0.05) is 31.7 Å². The van der Waals surface area contributed by atoms with E-state index in [2.05, 4.69) is 36.4 Å². The van der Waals surface area contributed by atoms with E-state index in [1.807, 2.05) is 0 Å². The van der Waals surface area contributed by atoms with Gasteiger partial charge in [0.1, 0.15) is 54.3 Å². The SMILES string of the molecule is C=CCCC(=O)NC(CC(=O)SC(C)C)C(=O)O[C@H]1[C@@H](O)[C@H](n2cnc3c(N)ncnc32)O[C@@H]1COP(=O)(O)O[C@H]1C[C@H](n2ccc(N)nc2=O)O[C@@H]1COP(=O)(O)O. The summed E-state index contributed by atoms with van der Waals surface area (Å²) in [5.41, 5.74) is 10.8. The van der Waals surface area contributed by atoms with Gasteiger partial charge in [-0.25, -0.2) is 33.7 Å². The van der Waals surface area contributed by atoms with Crippen LogP contribution in [0.1, 0.15) is 52.0 Å². The zero-order valence-electron chi connectivity index (χ0n) is 31.4. The van der Waals surface area contributed by atoms with Gasteiger partial charge in [0, 0.05) is 30.7 Å². The summed E-state index contributed by atoms with van der Waals surface area (Å²) >= 11 is 0.924. The average Bonchev–Trinajstić information content (AvgIpc) is 3.83. The second-order valence-corrected chi connectivity index (χ2v) is 17.6. The quantitative estimate of drug-likeness (QED) is 0.0466. The summed E-state index contributed by atoms with van der Waals surface area (Å²) in [6, 6.07) is -0.262. The minimum Gasteiger partial charge on any atom is -0.455 e. The number of imidazole rings is 1. The number of anilines is 2. The third-order valence-electron chi connectivity index (χ3n) is 8.58. The van der Waals surface area contributed by atoms with Crippen molar-refractivity contribution in [1.29, 1.82) is 0 Å². The van der Waals surface area contributed by atoms with Crippen LogP contribution in [0.4, 0.5) is 11.6 Å². The molecule has 0 saturated carbocycles. The Labute approximate surface area is 338 Å². The maximum Gasteiger partial charge on any atom is 0.472 e. The van der Waals surface area contributed by atoms with Crippen LogP contribution in [0.15, 0.2) is 42.4 Å². The van der Waals surface area contributed by atoms with Crippen molar-refractivity contribution in [3.8, 4) is 0 Å². The number of thioether (sulfide) groups is 1. The van der Waals surface area contributed by atoms with Crippen LogP contribution in [-0.4, -0.2) is 121 Å². The van der Waals surface area contributed by atoms with Crippen LogP contribution in [0.5, 0.6) is 0 Å². The second-order valence-electron chi connectivity index (χ2n) is 13.3. The molecular weight excluding hydrogens is 848 g/mol. The number of hydrogen-bond donors (Lipinski definition) is 7. The number of phosphoric acid groups is 2. The van der Waals surface area contributed by atoms with E-state index in [1.54, 1.807) is 13.8 Å². The molecule has 9 N–H and O–H groups in total. The van der Waals surface area contributed by atoms with Crippen molar-refractivity contribution in [3.05, 3.63) is 48.1 Å². The van der Waals surface area contributed by atoms with E-state index in [9.17, 15) is 48.1 Å². The van der Waals surface area contributed by atoms with Gasteiger partial charge in [-0.05, 0) is 12.5 Å². The highest BCUT2D eigenvalue weighted by Gasteiger charge is 2.50. The normalized spacial score (nSPS) is 24.8. The first kappa shape index (κ1) is 45.9. The highest BCUT2D eigenvalue weighted by molar-refractivity contribution is 8.14. The molecule has 0 radical (unpaired) electrons. The molecular formula is C31H43N9O16P2S. The first-order valence-corrected chi connectivity index (χ1v) is 21.6. The Bertz CT molecular complexity index is 2170. The van der Waals surface area contributed by atoms with Crippen molar-refractivity contribution in [1.82, 2.24) is 34.4 Å². The fourth-order valence-electron chi connectivity index (χ4n) is 5.99. The molecule has 0 bridgehead atoms. The molecule has 28 heteroatoms. The predicted molar refractivity (Wildman–Crippen MR) is 203 cm³/mol. The first-order chi connectivity index (χ1) is 27.7. The van der Waals surface area contributed by atoms with Crippen LogP contribution in [0.3, 0.4) is 0 Å². The number of aromatic nitrogens is 6. The molecule has 324 valence electrons. The van der Waals surface area contributed by atoms with E-state index in [1.165, 1.54) is 29.2 Å². The van der Waals surface area contributed by atoms with Crippen molar-refractivity contribution >= 4 is 67.2 Å². The predicted octanol–water partition coefficient (Wildman–Crippen LogP) is -0.174. The highest BCUT2D eigenvalue weighted by atomic mass is 32.2. The molecule has 0 aromatic carbocycles. The number of ether oxygens (including phenoxy) is 3. The van der Waals surface area contributed by atoms with E-state index < -0.39 is 107 Å². The lowest BCUT2D eigenvalue weighted by molar-refractivity contribution is -0.160. The molecule has 0 aliphatic carbocycles. The van der Waals surface area contributed by atoms with Gasteiger partial charge >= 0.3 is 27.3 Å². The van der Waals surface area contributed by atoms with E-state index >= 15 is 0 Å². The number of nitrogen functional groups attached to an aromatic ring is 2. The van der Waals surface area contributed by atoms with E-state index in [-0.39, 0.29) is 47.3 Å². The Morgan fingerprint density at radius 1 is 1.10 bits per heavy atom. The van der Waals surface area contributed by atoms with E-state index in [4.69, 9.17) is 34.7 Å². The fourth-order valence-corrected chi connectivity index (χ4v) is 8.08. The van der Waals surface area contributed by atoms with Crippen molar-refractivity contribution in [2.45, 2.75) is 93.8 Å². The Morgan fingerprint density at radius 3 is 2.51 bits per heavy atom. The lowest BCUT2D eigenvalue weighted by atomic mass is 10.1. The van der Waals surface area contributed by atoms with Gasteiger partial charge in [0.05, 0.1) is 19.5 Å². The Kier molecular flexibility index (Phi) is 15.2. The van der Waals surface area contributed by atoms with Gasteiger partial charge in [0.25, 0.3) is 0 Å². The molecule has 3 aromatic heterocycles. The fraction of sp³-hybridized carbons (Fsp3) is 0.548. The molecule has 0 spiro atoms. The topological polar surface area (TPSA) is 364 Å². The molecule has 25 nitrogen and oxygen atoms in total. The molecule has 5 rings (SSSR count).